The van der Waals surface area contributed by atoms with E-state index in [2.05, 4.69) is 10.2 Å². The third kappa shape index (κ3) is 4.66. The van der Waals surface area contributed by atoms with Crippen LogP contribution in [0.5, 0.6) is 17.2 Å². The number of nitrogens with zero attached hydrogens (tertiary/aromatic N) is 1. The Hall–Kier alpha value is -1.21. The highest BCUT2D eigenvalue weighted by molar-refractivity contribution is 5.85. The van der Waals surface area contributed by atoms with E-state index >= 15 is 0 Å². The lowest BCUT2D eigenvalue weighted by atomic mass is 10.0. The molecule has 0 spiro atoms. The maximum absolute atomic E-state index is 5.89. The summed E-state index contributed by atoms with van der Waals surface area (Å²) in [5.74, 6) is 2.42. The average molecular weight is 359 g/mol. The molecule has 3 rings (SSSR count). The number of nitrogens with one attached hydrogen (secondary N) is 1. The number of ether oxygens (including phenoxy) is 4. The van der Waals surface area contributed by atoms with Crippen molar-refractivity contribution in [2.75, 3.05) is 47.3 Å². The molecule has 0 bridgehead atoms. The third-order valence-corrected chi connectivity index (χ3v) is 4.41. The van der Waals surface area contributed by atoms with Crippen LogP contribution in [0.25, 0.3) is 0 Å². The first kappa shape index (κ1) is 19.1. The van der Waals surface area contributed by atoms with E-state index < -0.39 is 0 Å². The zero-order chi connectivity index (χ0) is 16.1. The molecule has 1 aromatic carbocycles. The number of methoxy groups -OCH3 is 1. The second-order valence-corrected chi connectivity index (χ2v) is 6.02. The van der Waals surface area contributed by atoms with E-state index in [-0.39, 0.29) is 19.2 Å². The maximum Gasteiger partial charge on any atom is 0.231 e. The Kier molecular flexibility index (Phi) is 7.42. The standard InChI is InChI=1S/C17H26N2O4.ClH/c1-18-14-4-3-5-19(11-14)10-13-8-16-17(23-12-22-16)9-15(13)21-7-6-20-2;/h8-9,14,18H,3-7,10-12H2,1-2H3;1H. The van der Waals surface area contributed by atoms with Crippen LogP contribution in [-0.2, 0) is 11.3 Å². The van der Waals surface area contributed by atoms with E-state index in [1.165, 1.54) is 12.8 Å². The first-order chi connectivity index (χ1) is 11.3. The highest BCUT2D eigenvalue weighted by Gasteiger charge is 2.22. The van der Waals surface area contributed by atoms with Gasteiger partial charge in [-0.3, -0.25) is 4.90 Å². The molecule has 1 unspecified atom stereocenters. The number of rotatable bonds is 7. The maximum atomic E-state index is 5.89. The molecule has 1 saturated heterocycles. The van der Waals surface area contributed by atoms with Gasteiger partial charge in [0.25, 0.3) is 0 Å². The van der Waals surface area contributed by atoms with Crippen molar-refractivity contribution in [1.29, 1.82) is 0 Å². The quantitative estimate of drug-likeness (QED) is 0.753. The van der Waals surface area contributed by atoms with Crippen LogP contribution in [0.4, 0.5) is 0 Å². The van der Waals surface area contributed by atoms with Gasteiger partial charge in [0.1, 0.15) is 12.4 Å². The first-order valence-electron chi connectivity index (χ1n) is 8.24. The second kappa shape index (κ2) is 9.32. The predicted molar refractivity (Wildman–Crippen MR) is 94.5 cm³/mol. The van der Waals surface area contributed by atoms with Crippen molar-refractivity contribution in [3.8, 4) is 17.2 Å². The molecule has 0 aliphatic carbocycles. The molecule has 0 saturated carbocycles. The normalized spacial score (nSPS) is 19.8. The summed E-state index contributed by atoms with van der Waals surface area (Å²) in [5.41, 5.74) is 1.14. The lowest BCUT2D eigenvalue weighted by Gasteiger charge is -2.32. The van der Waals surface area contributed by atoms with Gasteiger partial charge in [0.2, 0.25) is 6.79 Å². The SMILES string of the molecule is CNC1CCCN(Cc2cc3c(cc2OCCOC)OCO3)C1.Cl. The Morgan fingerprint density at radius 2 is 2.04 bits per heavy atom. The van der Waals surface area contributed by atoms with E-state index in [1.54, 1.807) is 7.11 Å². The second-order valence-electron chi connectivity index (χ2n) is 6.02. The van der Waals surface area contributed by atoms with E-state index in [0.29, 0.717) is 19.3 Å². The van der Waals surface area contributed by atoms with Gasteiger partial charge in [-0.25, -0.2) is 0 Å². The van der Waals surface area contributed by atoms with Gasteiger partial charge in [-0.2, -0.15) is 0 Å². The fourth-order valence-electron chi connectivity index (χ4n) is 3.13. The van der Waals surface area contributed by atoms with Gasteiger partial charge < -0.3 is 24.3 Å². The monoisotopic (exact) mass is 358 g/mol. The van der Waals surface area contributed by atoms with Gasteiger partial charge in [0, 0.05) is 37.9 Å². The summed E-state index contributed by atoms with van der Waals surface area (Å²) >= 11 is 0. The fraction of sp³-hybridized carbons (Fsp3) is 0.647. The Balaban J connectivity index is 0.00000208. The molecular weight excluding hydrogens is 332 g/mol. The Morgan fingerprint density at radius 3 is 2.79 bits per heavy atom. The van der Waals surface area contributed by atoms with Crippen molar-refractivity contribution in [2.45, 2.75) is 25.4 Å². The minimum atomic E-state index is 0. The van der Waals surface area contributed by atoms with Crippen LogP contribution in [0.2, 0.25) is 0 Å². The molecule has 2 aliphatic rings. The largest absolute Gasteiger partial charge is 0.491 e. The highest BCUT2D eigenvalue weighted by Crippen LogP contribution is 2.38. The van der Waals surface area contributed by atoms with E-state index in [9.17, 15) is 0 Å². The van der Waals surface area contributed by atoms with Crippen LogP contribution >= 0.6 is 12.4 Å². The topological polar surface area (TPSA) is 52.2 Å². The van der Waals surface area contributed by atoms with Gasteiger partial charge in [-0.15, -0.1) is 12.4 Å². The molecule has 7 heteroatoms. The Morgan fingerprint density at radius 1 is 1.25 bits per heavy atom. The van der Waals surface area contributed by atoms with E-state index in [0.717, 1.165) is 42.4 Å². The molecule has 24 heavy (non-hydrogen) atoms. The molecule has 6 nitrogen and oxygen atoms in total. The molecule has 1 aromatic rings. The number of piperidine rings is 1. The van der Waals surface area contributed by atoms with E-state index in [4.69, 9.17) is 18.9 Å². The molecule has 2 heterocycles. The highest BCUT2D eigenvalue weighted by atomic mass is 35.5. The van der Waals surface area contributed by atoms with Crippen molar-refractivity contribution in [1.82, 2.24) is 10.2 Å². The van der Waals surface area contributed by atoms with Crippen molar-refractivity contribution < 1.29 is 18.9 Å². The number of fused-ring (bicyclic) bond motifs is 1. The summed E-state index contributed by atoms with van der Waals surface area (Å²) in [5, 5.41) is 3.38. The van der Waals surface area contributed by atoms with Crippen LogP contribution in [0.3, 0.4) is 0 Å². The summed E-state index contributed by atoms with van der Waals surface area (Å²) in [6.45, 7) is 4.41. The number of likely N-dealkylation sites (tertiary alicyclic amines) is 1. The average Bonchev–Trinajstić information content (AvgIpc) is 3.02. The van der Waals surface area contributed by atoms with Gasteiger partial charge in [0.15, 0.2) is 11.5 Å². The van der Waals surface area contributed by atoms with Gasteiger partial charge in [-0.1, -0.05) is 0 Å². The fourth-order valence-corrected chi connectivity index (χ4v) is 3.13. The molecule has 1 atom stereocenters. The number of hydrogen-bond acceptors (Lipinski definition) is 6. The summed E-state index contributed by atoms with van der Waals surface area (Å²) in [6.07, 6.45) is 2.46. The summed E-state index contributed by atoms with van der Waals surface area (Å²) < 4.78 is 22.0. The number of benzene rings is 1. The van der Waals surface area contributed by atoms with Gasteiger partial charge in [0.05, 0.1) is 6.61 Å². The minimum Gasteiger partial charge on any atom is -0.491 e. The van der Waals surface area contributed by atoms with Crippen molar-refractivity contribution in [3.05, 3.63) is 17.7 Å². The molecule has 0 aromatic heterocycles. The summed E-state index contributed by atoms with van der Waals surface area (Å²) in [7, 11) is 3.71. The molecule has 1 fully saturated rings. The first-order valence-corrected chi connectivity index (χ1v) is 8.24. The van der Waals surface area contributed by atoms with E-state index in [1.807, 2.05) is 19.2 Å². The number of likely N-dealkylation sites (N-methyl/N-ethyl adjacent to an activating group) is 1. The lowest BCUT2D eigenvalue weighted by molar-refractivity contribution is 0.143. The molecular formula is C17H27ClN2O4. The number of hydrogen-bond donors (Lipinski definition) is 1. The van der Waals surface area contributed by atoms with Crippen molar-refractivity contribution in [3.63, 3.8) is 0 Å². The zero-order valence-electron chi connectivity index (χ0n) is 14.4. The molecule has 0 radical (unpaired) electrons. The van der Waals surface area contributed by atoms with Gasteiger partial charge >= 0.3 is 0 Å². The summed E-state index contributed by atoms with van der Waals surface area (Å²) in [4.78, 5) is 2.46. The molecule has 1 N–H and O–H groups in total. The van der Waals surface area contributed by atoms with Crippen LogP contribution in [0.1, 0.15) is 18.4 Å². The molecule has 2 aliphatic heterocycles. The molecule has 136 valence electrons. The van der Waals surface area contributed by atoms with Crippen LogP contribution < -0.4 is 19.5 Å². The predicted octanol–water partition coefficient (Wildman–Crippen LogP) is 2.05. The molecule has 0 amide bonds. The van der Waals surface area contributed by atoms with Crippen LogP contribution in [0.15, 0.2) is 12.1 Å². The van der Waals surface area contributed by atoms with Crippen LogP contribution in [-0.4, -0.2) is 58.2 Å². The third-order valence-electron chi connectivity index (χ3n) is 4.41. The van der Waals surface area contributed by atoms with Crippen molar-refractivity contribution >= 4 is 12.4 Å². The van der Waals surface area contributed by atoms with Gasteiger partial charge in [-0.05, 0) is 32.5 Å². The smallest absolute Gasteiger partial charge is 0.231 e. The number of halogens is 1. The lowest BCUT2D eigenvalue weighted by Crippen LogP contribution is -2.43. The van der Waals surface area contributed by atoms with Crippen LogP contribution in [0, 0.1) is 0 Å². The minimum absolute atomic E-state index is 0. The zero-order valence-corrected chi connectivity index (χ0v) is 15.2. The van der Waals surface area contributed by atoms with Crippen molar-refractivity contribution in [2.24, 2.45) is 0 Å². The Labute approximate surface area is 149 Å². The Bertz CT molecular complexity index is 530. The summed E-state index contributed by atoms with van der Waals surface area (Å²) in [6, 6.07) is 4.55.